The van der Waals surface area contributed by atoms with Crippen molar-refractivity contribution in [2.45, 2.75) is 13.5 Å². The Morgan fingerprint density at radius 3 is 2.83 bits per heavy atom. The van der Waals surface area contributed by atoms with E-state index in [0.29, 0.717) is 22.6 Å². The van der Waals surface area contributed by atoms with Crippen molar-refractivity contribution in [3.05, 3.63) is 68.6 Å². The molecule has 3 aromatic rings. The minimum Gasteiger partial charge on any atom is -0.457 e. The van der Waals surface area contributed by atoms with Crippen LogP contribution in [0, 0.1) is 17.0 Å². The van der Waals surface area contributed by atoms with Gasteiger partial charge >= 0.3 is 5.97 Å². The second kappa shape index (κ2) is 6.25. The van der Waals surface area contributed by atoms with Crippen molar-refractivity contribution in [3.8, 4) is 0 Å². The highest BCUT2D eigenvalue weighted by atomic mass is 35.5. The number of pyridine rings is 1. The molecule has 122 valence electrons. The van der Waals surface area contributed by atoms with E-state index in [1.807, 2.05) is 0 Å². The predicted molar refractivity (Wildman–Crippen MR) is 84.9 cm³/mol. The van der Waals surface area contributed by atoms with Crippen LogP contribution >= 0.6 is 11.6 Å². The monoisotopic (exact) mass is 346 g/mol. The number of rotatable bonds is 4. The summed E-state index contributed by atoms with van der Waals surface area (Å²) in [6, 6.07) is 7.23. The summed E-state index contributed by atoms with van der Waals surface area (Å²) in [5, 5.41) is 18.7. The molecule has 0 saturated carbocycles. The number of non-ortho nitro benzene ring substituents is 1. The molecular weight excluding hydrogens is 336 g/mol. The lowest BCUT2D eigenvalue weighted by Crippen LogP contribution is -2.07. The molecule has 9 heteroatoms. The van der Waals surface area contributed by atoms with Gasteiger partial charge in [0.1, 0.15) is 12.4 Å². The molecule has 0 saturated heterocycles. The van der Waals surface area contributed by atoms with Crippen molar-refractivity contribution in [1.82, 2.24) is 14.6 Å². The van der Waals surface area contributed by atoms with E-state index in [-0.39, 0.29) is 17.3 Å². The van der Waals surface area contributed by atoms with Gasteiger partial charge in [0.25, 0.3) is 5.69 Å². The number of nitrogens with zero attached hydrogens (tertiary/aromatic N) is 4. The summed E-state index contributed by atoms with van der Waals surface area (Å²) in [4.78, 5) is 22.3. The molecule has 0 bridgehead atoms. The van der Waals surface area contributed by atoms with Crippen molar-refractivity contribution >= 4 is 28.9 Å². The Kier molecular flexibility index (Phi) is 4.13. The van der Waals surface area contributed by atoms with E-state index < -0.39 is 10.9 Å². The molecule has 0 unspecified atom stereocenters. The van der Waals surface area contributed by atoms with Gasteiger partial charge in [-0.05, 0) is 25.1 Å². The third-order valence-electron chi connectivity index (χ3n) is 3.41. The van der Waals surface area contributed by atoms with E-state index in [1.54, 1.807) is 29.7 Å². The molecule has 0 amide bonds. The van der Waals surface area contributed by atoms with Gasteiger partial charge in [-0.25, -0.2) is 4.79 Å². The van der Waals surface area contributed by atoms with Gasteiger partial charge in [0, 0.05) is 23.9 Å². The normalized spacial score (nSPS) is 10.8. The highest BCUT2D eigenvalue weighted by molar-refractivity contribution is 6.31. The number of halogens is 1. The smallest absolute Gasteiger partial charge is 0.339 e. The molecule has 2 aromatic heterocycles. The van der Waals surface area contributed by atoms with Crippen molar-refractivity contribution in [2.75, 3.05) is 0 Å². The molecule has 0 spiro atoms. The topological polar surface area (TPSA) is 99.6 Å². The second-order valence-electron chi connectivity index (χ2n) is 5.00. The van der Waals surface area contributed by atoms with E-state index in [4.69, 9.17) is 16.3 Å². The summed E-state index contributed by atoms with van der Waals surface area (Å²) in [5.41, 5.74) is 1.33. The lowest BCUT2D eigenvalue weighted by Gasteiger charge is -2.07. The number of aryl methyl sites for hydroxylation is 1. The van der Waals surface area contributed by atoms with Crippen LogP contribution in [0.2, 0.25) is 5.02 Å². The lowest BCUT2D eigenvalue weighted by molar-refractivity contribution is -0.384. The molecule has 1 aromatic carbocycles. The maximum Gasteiger partial charge on any atom is 0.339 e. The lowest BCUT2D eigenvalue weighted by atomic mass is 10.2. The zero-order chi connectivity index (χ0) is 17.3. The summed E-state index contributed by atoms with van der Waals surface area (Å²) in [6.45, 7) is 1.68. The molecule has 2 heterocycles. The number of hydrogen-bond donors (Lipinski definition) is 0. The molecule has 0 atom stereocenters. The summed E-state index contributed by atoms with van der Waals surface area (Å²) in [7, 11) is 0. The maximum absolute atomic E-state index is 12.2. The Hall–Kier alpha value is -3.00. The molecule has 24 heavy (non-hydrogen) atoms. The molecule has 8 nitrogen and oxygen atoms in total. The van der Waals surface area contributed by atoms with Crippen molar-refractivity contribution in [1.29, 1.82) is 0 Å². The Balaban J connectivity index is 1.74. The van der Waals surface area contributed by atoms with Crippen molar-refractivity contribution in [3.63, 3.8) is 0 Å². The highest BCUT2D eigenvalue weighted by Gasteiger charge is 2.13. The molecular formula is C15H11ClN4O4. The first kappa shape index (κ1) is 15.9. The van der Waals surface area contributed by atoms with Crippen LogP contribution in [-0.2, 0) is 11.3 Å². The fourth-order valence-electron chi connectivity index (χ4n) is 2.12. The van der Waals surface area contributed by atoms with E-state index >= 15 is 0 Å². The molecule has 0 aliphatic rings. The minimum atomic E-state index is -0.543. The Bertz CT molecular complexity index is 954. The average molecular weight is 347 g/mol. The van der Waals surface area contributed by atoms with Gasteiger partial charge in [0.2, 0.25) is 0 Å². The van der Waals surface area contributed by atoms with Crippen LogP contribution in [-0.4, -0.2) is 25.5 Å². The number of benzene rings is 1. The molecule has 0 aliphatic carbocycles. The first-order valence-corrected chi connectivity index (χ1v) is 7.25. The minimum absolute atomic E-state index is 0.0884. The molecule has 0 aliphatic heterocycles. The summed E-state index contributed by atoms with van der Waals surface area (Å²) in [5.74, 6) is 0.109. The van der Waals surface area contributed by atoms with Crippen LogP contribution in [0.5, 0.6) is 0 Å². The zero-order valence-corrected chi connectivity index (χ0v) is 13.2. The van der Waals surface area contributed by atoms with Gasteiger partial charge in [-0.15, -0.1) is 10.2 Å². The second-order valence-corrected chi connectivity index (χ2v) is 5.41. The number of carbonyl (C=O) groups is 1. The quantitative estimate of drug-likeness (QED) is 0.409. The van der Waals surface area contributed by atoms with Gasteiger partial charge in [-0.2, -0.15) is 0 Å². The standard InChI is InChI=1S/C15H11ClN4O4/c1-9-17-18-14-5-3-10(7-19(9)14)15(21)24-8-11-2-4-12(20(22)23)6-13(11)16/h2-7H,8H2,1H3. The molecule has 0 N–H and O–H groups in total. The van der Waals surface area contributed by atoms with Crippen molar-refractivity contribution < 1.29 is 14.5 Å². The van der Waals surface area contributed by atoms with Gasteiger partial charge in [0.05, 0.1) is 15.5 Å². The van der Waals surface area contributed by atoms with Crippen LogP contribution < -0.4 is 0 Å². The fourth-order valence-corrected chi connectivity index (χ4v) is 2.35. The van der Waals surface area contributed by atoms with Gasteiger partial charge in [-0.3, -0.25) is 14.5 Å². The maximum atomic E-state index is 12.2. The first-order chi connectivity index (χ1) is 11.5. The summed E-state index contributed by atoms with van der Waals surface area (Å²) < 4.78 is 6.89. The summed E-state index contributed by atoms with van der Waals surface area (Å²) in [6.07, 6.45) is 1.59. The van der Waals surface area contributed by atoms with Crippen LogP contribution in [0.25, 0.3) is 5.65 Å². The zero-order valence-electron chi connectivity index (χ0n) is 12.5. The van der Waals surface area contributed by atoms with E-state index in [1.165, 1.54) is 18.2 Å². The predicted octanol–water partition coefficient (Wildman–Crippen LogP) is 2.96. The van der Waals surface area contributed by atoms with Crippen LogP contribution in [0.15, 0.2) is 36.5 Å². The SMILES string of the molecule is Cc1nnc2ccc(C(=O)OCc3ccc([N+](=O)[O-])cc3Cl)cn12. The molecule has 0 radical (unpaired) electrons. The van der Waals surface area contributed by atoms with E-state index in [9.17, 15) is 14.9 Å². The average Bonchev–Trinajstić information content (AvgIpc) is 2.94. The van der Waals surface area contributed by atoms with Crippen molar-refractivity contribution in [2.24, 2.45) is 0 Å². The van der Waals surface area contributed by atoms with Crippen LogP contribution in [0.3, 0.4) is 0 Å². The van der Waals surface area contributed by atoms with Gasteiger partial charge in [-0.1, -0.05) is 11.6 Å². The largest absolute Gasteiger partial charge is 0.457 e. The third kappa shape index (κ3) is 3.04. The number of carbonyl (C=O) groups excluding carboxylic acids is 1. The number of esters is 1. The molecule has 3 rings (SSSR count). The molecule has 0 fully saturated rings. The number of fused-ring (bicyclic) bond motifs is 1. The number of hydrogen-bond acceptors (Lipinski definition) is 6. The number of aromatic nitrogens is 3. The Labute approximate surface area is 140 Å². The van der Waals surface area contributed by atoms with Gasteiger partial charge in [0.15, 0.2) is 5.65 Å². The van der Waals surface area contributed by atoms with E-state index in [0.717, 1.165) is 0 Å². The Morgan fingerprint density at radius 2 is 2.12 bits per heavy atom. The fraction of sp³-hybridized carbons (Fsp3) is 0.133. The number of nitro benzene ring substituents is 1. The number of nitro groups is 1. The van der Waals surface area contributed by atoms with Gasteiger partial charge < -0.3 is 4.74 Å². The van der Waals surface area contributed by atoms with E-state index in [2.05, 4.69) is 10.2 Å². The first-order valence-electron chi connectivity index (χ1n) is 6.87. The highest BCUT2D eigenvalue weighted by Crippen LogP contribution is 2.23. The Morgan fingerprint density at radius 1 is 1.33 bits per heavy atom. The summed E-state index contributed by atoms with van der Waals surface area (Å²) >= 11 is 5.97. The number of ether oxygens (including phenoxy) is 1. The van der Waals surface area contributed by atoms with Crippen LogP contribution in [0.1, 0.15) is 21.7 Å². The van der Waals surface area contributed by atoms with Crippen LogP contribution in [0.4, 0.5) is 5.69 Å². The third-order valence-corrected chi connectivity index (χ3v) is 3.77.